The van der Waals surface area contributed by atoms with Crippen LogP contribution in [-0.2, 0) is 4.74 Å². The molecule has 0 amide bonds. The predicted molar refractivity (Wildman–Crippen MR) is 42.2 cm³/mol. The Bertz CT molecular complexity index is 146. The molecular formula is C9H16O2. The number of aliphatic hydroxyl groups excluding tert-OH is 1. The molecule has 11 heavy (non-hydrogen) atoms. The molecule has 0 bridgehead atoms. The summed E-state index contributed by atoms with van der Waals surface area (Å²) in [5.41, 5.74) is 0. The van der Waals surface area contributed by atoms with E-state index in [1.807, 2.05) is 6.92 Å². The molecule has 0 aromatic rings. The molecule has 64 valence electrons. The fraction of sp³-hybridized carbons (Fsp3) is 1.00. The van der Waals surface area contributed by atoms with Crippen LogP contribution in [0.1, 0.15) is 19.8 Å². The first-order valence-corrected chi connectivity index (χ1v) is 4.60. The van der Waals surface area contributed by atoms with E-state index in [1.165, 1.54) is 6.42 Å². The first-order valence-electron chi connectivity index (χ1n) is 4.60. The van der Waals surface area contributed by atoms with Gasteiger partial charge in [0.2, 0.25) is 0 Å². The Kier molecular flexibility index (Phi) is 1.90. The topological polar surface area (TPSA) is 29.5 Å². The van der Waals surface area contributed by atoms with Crippen molar-refractivity contribution in [3.63, 3.8) is 0 Å². The largest absolute Gasteiger partial charge is 0.393 e. The van der Waals surface area contributed by atoms with Crippen LogP contribution in [0.2, 0.25) is 0 Å². The number of rotatable bonds is 3. The molecule has 1 N–H and O–H groups in total. The Labute approximate surface area is 67.6 Å². The van der Waals surface area contributed by atoms with Crippen molar-refractivity contribution in [1.29, 1.82) is 0 Å². The van der Waals surface area contributed by atoms with E-state index in [0.29, 0.717) is 11.8 Å². The zero-order valence-corrected chi connectivity index (χ0v) is 6.99. The molecule has 0 saturated heterocycles. The lowest BCUT2D eigenvalue weighted by molar-refractivity contribution is 0.101. The van der Waals surface area contributed by atoms with Gasteiger partial charge >= 0.3 is 0 Å². The lowest BCUT2D eigenvalue weighted by Crippen LogP contribution is -2.10. The monoisotopic (exact) mass is 156 g/mol. The van der Waals surface area contributed by atoms with Gasteiger partial charge in [-0.25, -0.2) is 0 Å². The van der Waals surface area contributed by atoms with E-state index in [4.69, 9.17) is 4.74 Å². The quantitative estimate of drug-likeness (QED) is 0.661. The third-order valence-corrected chi connectivity index (χ3v) is 3.15. The van der Waals surface area contributed by atoms with Gasteiger partial charge in [0.15, 0.2) is 0 Å². The molecule has 0 aromatic heterocycles. The Morgan fingerprint density at radius 3 is 2.82 bits per heavy atom. The van der Waals surface area contributed by atoms with Crippen molar-refractivity contribution >= 4 is 0 Å². The summed E-state index contributed by atoms with van der Waals surface area (Å²) in [5, 5.41) is 9.45. The van der Waals surface area contributed by atoms with Crippen molar-refractivity contribution in [3.8, 4) is 0 Å². The van der Waals surface area contributed by atoms with E-state index in [9.17, 15) is 5.11 Å². The van der Waals surface area contributed by atoms with Crippen LogP contribution in [0.25, 0.3) is 0 Å². The normalized spacial score (nSPS) is 47.5. The predicted octanol–water partition coefficient (Wildman–Crippen LogP) is 1.04. The summed E-state index contributed by atoms with van der Waals surface area (Å²) in [6.07, 6.45) is 2.24. The van der Waals surface area contributed by atoms with E-state index in [-0.39, 0.29) is 6.10 Å². The average molecular weight is 156 g/mol. The number of hydrogen-bond acceptors (Lipinski definition) is 2. The van der Waals surface area contributed by atoms with Crippen LogP contribution in [0.5, 0.6) is 0 Å². The highest BCUT2D eigenvalue weighted by atomic mass is 16.5. The van der Waals surface area contributed by atoms with E-state index >= 15 is 0 Å². The molecule has 0 aliphatic heterocycles. The molecule has 2 fully saturated rings. The van der Waals surface area contributed by atoms with Crippen LogP contribution >= 0.6 is 0 Å². The SMILES string of the molecule is CCOCC1C2CCC(O)C21. The van der Waals surface area contributed by atoms with Crippen LogP contribution in [0.3, 0.4) is 0 Å². The molecule has 0 spiro atoms. The van der Waals surface area contributed by atoms with Gasteiger partial charge in [-0.1, -0.05) is 0 Å². The molecule has 2 rings (SSSR count). The maximum Gasteiger partial charge on any atom is 0.0574 e. The third-order valence-electron chi connectivity index (χ3n) is 3.15. The average Bonchev–Trinajstić information content (AvgIpc) is 2.58. The smallest absolute Gasteiger partial charge is 0.0574 e. The molecule has 4 unspecified atom stereocenters. The maximum atomic E-state index is 9.45. The second-order valence-electron chi connectivity index (χ2n) is 3.71. The molecule has 4 atom stereocenters. The second-order valence-corrected chi connectivity index (χ2v) is 3.71. The van der Waals surface area contributed by atoms with Crippen molar-refractivity contribution in [3.05, 3.63) is 0 Å². The van der Waals surface area contributed by atoms with Crippen molar-refractivity contribution in [2.24, 2.45) is 17.8 Å². The van der Waals surface area contributed by atoms with Gasteiger partial charge in [-0.2, -0.15) is 0 Å². The lowest BCUT2D eigenvalue weighted by Gasteiger charge is -2.06. The lowest BCUT2D eigenvalue weighted by atomic mass is 10.1. The van der Waals surface area contributed by atoms with E-state index in [2.05, 4.69) is 0 Å². The number of fused-ring (bicyclic) bond motifs is 1. The van der Waals surface area contributed by atoms with Crippen LogP contribution < -0.4 is 0 Å². The summed E-state index contributed by atoms with van der Waals surface area (Å²) in [5.74, 6) is 2.09. The highest BCUT2D eigenvalue weighted by molar-refractivity contribution is 5.05. The van der Waals surface area contributed by atoms with Gasteiger partial charge < -0.3 is 9.84 Å². The zero-order valence-electron chi connectivity index (χ0n) is 6.99. The van der Waals surface area contributed by atoms with E-state index in [0.717, 1.165) is 25.6 Å². The number of ether oxygens (including phenoxy) is 1. The van der Waals surface area contributed by atoms with E-state index < -0.39 is 0 Å². The minimum atomic E-state index is -0.00884. The summed E-state index contributed by atoms with van der Waals surface area (Å²) >= 11 is 0. The summed E-state index contributed by atoms with van der Waals surface area (Å²) in [6.45, 7) is 3.71. The first-order chi connectivity index (χ1) is 5.34. The summed E-state index contributed by atoms with van der Waals surface area (Å²) in [7, 11) is 0. The van der Waals surface area contributed by atoms with Gasteiger partial charge in [-0.15, -0.1) is 0 Å². The summed E-state index contributed by atoms with van der Waals surface area (Å²) in [4.78, 5) is 0. The highest BCUT2D eigenvalue weighted by Gasteiger charge is 2.57. The highest BCUT2D eigenvalue weighted by Crippen LogP contribution is 2.57. The van der Waals surface area contributed by atoms with Gasteiger partial charge in [0.05, 0.1) is 12.7 Å². The van der Waals surface area contributed by atoms with Gasteiger partial charge in [0, 0.05) is 6.61 Å². The Morgan fingerprint density at radius 2 is 2.27 bits per heavy atom. The van der Waals surface area contributed by atoms with Gasteiger partial charge in [0.1, 0.15) is 0 Å². The van der Waals surface area contributed by atoms with Crippen molar-refractivity contribution < 1.29 is 9.84 Å². The zero-order chi connectivity index (χ0) is 7.84. The van der Waals surface area contributed by atoms with Crippen molar-refractivity contribution in [2.75, 3.05) is 13.2 Å². The standard InChI is InChI=1S/C9H16O2/c1-2-11-5-7-6-3-4-8(10)9(6)7/h6-10H,2-5H2,1H3. The minimum absolute atomic E-state index is 0.00884. The fourth-order valence-corrected chi connectivity index (χ4v) is 2.50. The maximum absolute atomic E-state index is 9.45. The third kappa shape index (κ3) is 1.18. The van der Waals surface area contributed by atoms with Gasteiger partial charge in [-0.3, -0.25) is 0 Å². The van der Waals surface area contributed by atoms with Crippen molar-refractivity contribution in [2.45, 2.75) is 25.9 Å². The first kappa shape index (κ1) is 7.56. The molecule has 2 aliphatic rings. The second kappa shape index (κ2) is 2.76. The van der Waals surface area contributed by atoms with Crippen LogP contribution in [-0.4, -0.2) is 24.4 Å². The van der Waals surface area contributed by atoms with Gasteiger partial charge in [-0.05, 0) is 37.5 Å². The molecule has 2 aliphatic carbocycles. The molecular weight excluding hydrogens is 140 g/mol. The summed E-state index contributed by atoms with van der Waals surface area (Å²) in [6, 6.07) is 0. The Balaban J connectivity index is 1.76. The molecule has 2 nitrogen and oxygen atoms in total. The van der Waals surface area contributed by atoms with Crippen LogP contribution in [0.15, 0.2) is 0 Å². The fourth-order valence-electron chi connectivity index (χ4n) is 2.50. The summed E-state index contributed by atoms with van der Waals surface area (Å²) < 4.78 is 5.33. The molecule has 2 heteroatoms. The molecule has 0 radical (unpaired) electrons. The molecule has 0 heterocycles. The molecule has 0 aromatic carbocycles. The Morgan fingerprint density at radius 1 is 1.45 bits per heavy atom. The van der Waals surface area contributed by atoms with E-state index in [1.54, 1.807) is 0 Å². The molecule has 2 saturated carbocycles. The number of aliphatic hydroxyl groups is 1. The minimum Gasteiger partial charge on any atom is -0.393 e. The van der Waals surface area contributed by atoms with Crippen LogP contribution in [0.4, 0.5) is 0 Å². The van der Waals surface area contributed by atoms with Crippen molar-refractivity contribution in [1.82, 2.24) is 0 Å². The van der Waals surface area contributed by atoms with Crippen LogP contribution in [0, 0.1) is 17.8 Å². The number of hydrogen-bond donors (Lipinski definition) is 1. The Hall–Kier alpha value is -0.0800. The van der Waals surface area contributed by atoms with Gasteiger partial charge in [0.25, 0.3) is 0 Å².